The van der Waals surface area contributed by atoms with Gasteiger partial charge in [0.2, 0.25) is 0 Å². The van der Waals surface area contributed by atoms with E-state index in [4.69, 9.17) is 4.74 Å². The number of hydrogen-bond donors (Lipinski definition) is 1. The highest BCUT2D eigenvalue weighted by Gasteiger charge is 2.25. The predicted octanol–water partition coefficient (Wildman–Crippen LogP) is 3.09. The van der Waals surface area contributed by atoms with Crippen LogP contribution in [-0.2, 0) is 5.92 Å². The molecular weight excluding hydrogens is 212 g/mol. The minimum absolute atomic E-state index is 0.00500. The molecule has 0 aliphatic heterocycles. The lowest BCUT2D eigenvalue weighted by Crippen LogP contribution is -2.15. The Morgan fingerprint density at radius 3 is 2.44 bits per heavy atom. The van der Waals surface area contributed by atoms with Gasteiger partial charge < -0.3 is 10.1 Å². The Bertz CT molecular complexity index is 361. The zero-order valence-electron chi connectivity index (χ0n) is 9.97. The summed E-state index contributed by atoms with van der Waals surface area (Å²) < 4.78 is 31.5. The largest absolute Gasteiger partial charge is 0.496 e. The Hall–Kier alpha value is -1.16. The molecule has 0 aliphatic rings. The lowest BCUT2D eigenvalue weighted by Gasteiger charge is -2.18. The van der Waals surface area contributed by atoms with E-state index in [1.54, 1.807) is 13.1 Å². The van der Waals surface area contributed by atoms with Crippen LogP contribution < -0.4 is 10.1 Å². The van der Waals surface area contributed by atoms with Crippen molar-refractivity contribution >= 4 is 0 Å². The summed E-state index contributed by atoms with van der Waals surface area (Å²) in [5.41, 5.74) is 0.745. The number of nitrogens with one attached hydrogen (secondary N) is 1. The van der Waals surface area contributed by atoms with Crippen LogP contribution in [0.4, 0.5) is 8.78 Å². The summed E-state index contributed by atoms with van der Waals surface area (Å²) in [4.78, 5) is 0. The van der Waals surface area contributed by atoms with Gasteiger partial charge in [0.15, 0.2) is 0 Å². The number of alkyl halides is 2. The van der Waals surface area contributed by atoms with Gasteiger partial charge in [0, 0.05) is 24.1 Å². The van der Waals surface area contributed by atoms with Crippen molar-refractivity contribution in [2.75, 3.05) is 14.2 Å². The molecular formula is C12H17F2NO. The van der Waals surface area contributed by atoms with E-state index in [1.165, 1.54) is 19.2 Å². The van der Waals surface area contributed by atoms with Gasteiger partial charge in [0.25, 0.3) is 5.92 Å². The average Bonchev–Trinajstić information content (AvgIpc) is 2.25. The Morgan fingerprint density at radius 2 is 2.00 bits per heavy atom. The Kier molecular flexibility index (Phi) is 3.86. The first-order chi connectivity index (χ1) is 7.40. The zero-order valence-corrected chi connectivity index (χ0v) is 9.97. The second-order valence-electron chi connectivity index (χ2n) is 3.86. The fourth-order valence-electron chi connectivity index (χ4n) is 1.50. The number of benzene rings is 1. The highest BCUT2D eigenvalue weighted by atomic mass is 19.3. The number of methoxy groups -OCH3 is 1. The molecule has 0 heterocycles. The average molecular weight is 229 g/mol. The summed E-state index contributed by atoms with van der Waals surface area (Å²) in [5, 5.41) is 3.01. The summed E-state index contributed by atoms with van der Waals surface area (Å²) in [6, 6.07) is 4.43. The third-order valence-electron chi connectivity index (χ3n) is 2.64. The molecule has 0 aliphatic carbocycles. The first-order valence-electron chi connectivity index (χ1n) is 5.13. The third-order valence-corrected chi connectivity index (χ3v) is 2.64. The molecule has 0 amide bonds. The first-order valence-corrected chi connectivity index (χ1v) is 5.13. The molecule has 0 spiro atoms. The molecule has 2 nitrogen and oxygen atoms in total. The molecule has 1 rings (SSSR count). The van der Waals surface area contributed by atoms with Crippen molar-refractivity contribution in [2.45, 2.75) is 25.8 Å². The van der Waals surface area contributed by atoms with Crippen molar-refractivity contribution in [1.29, 1.82) is 0 Å². The van der Waals surface area contributed by atoms with Crippen molar-refractivity contribution in [3.05, 3.63) is 29.3 Å². The second kappa shape index (κ2) is 4.78. The highest BCUT2D eigenvalue weighted by Crippen LogP contribution is 2.33. The van der Waals surface area contributed by atoms with Crippen molar-refractivity contribution < 1.29 is 13.5 Å². The van der Waals surface area contributed by atoms with E-state index < -0.39 is 5.92 Å². The van der Waals surface area contributed by atoms with Crippen LogP contribution in [0, 0.1) is 0 Å². The molecule has 90 valence electrons. The Morgan fingerprint density at radius 1 is 1.38 bits per heavy atom. The topological polar surface area (TPSA) is 21.3 Å². The van der Waals surface area contributed by atoms with Gasteiger partial charge in [-0.05, 0) is 32.2 Å². The second-order valence-corrected chi connectivity index (χ2v) is 3.86. The summed E-state index contributed by atoms with van der Waals surface area (Å²) in [5.74, 6) is -2.20. The van der Waals surface area contributed by atoms with Crippen molar-refractivity contribution in [3.8, 4) is 5.75 Å². The van der Waals surface area contributed by atoms with E-state index in [0.717, 1.165) is 12.5 Å². The highest BCUT2D eigenvalue weighted by molar-refractivity contribution is 5.40. The van der Waals surface area contributed by atoms with Gasteiger partial charge in [-0.15, -0.1) is 0 Å². The third kappa shape index (κ3) is 2.70. The van der Waals surface area contributed by atoms with Gasteiger partial charge in [0.05, 0.1) is 7.11 Å². The van der Waals surface area contributed by atoms with E-state index >= 15 is 0 Å². The van der Waals surface area contributed by atoms with Gasteiger partial charge in [-0.2, -0.15) is 0 Å². The van der Waals surface area contributed by atoms with Crippen LogP contribution in [0.2, 0.25) is 0 Å². The summed E-state index contributed by atoms with van der Waals surface area (Å²) in [7, 11) is 3.31. The molecule has 4 heteroatoms. The normalized spacial score (nSPS) is 13.6. The van der Waals surface area contributed by atoms with Crippen molar-refractivity contribution in [1.82, 2.24) is 5.32 Å². The van der Waals surface area contributed by atoms with E-state index in [-0.39, 0.29) is 11.6 Å². The molecule has 0 radical (unpaired) electrons. The zero-order chi connectivity index (χ0) is 12.3. The number of rotatable bonds is 4. The Labute approximate surface area is 94.6 Å². The van der Waals surface area contributed by atoms with E-state index in [1.807, 2.05) is 6.92 Å². The molecule has 1 N–H and O–H groups in total. The fraction of sp³-hybridized carbons (Fsp3) is 0.500. The number of hydrogen-bond acceptors (Lipinski definition) is 2. The van der Waals surface area contributed by atoms with Crippen LogP contribution >= 0.6 is 0 Å². The minimum atomic E-state index is -2.82. The number of ether oxygens (including phenoxy) is 1. The van der Waals surface area contributed by atoms with Crippen LogP contribution in [0.3, 0.4) is 0 Å². The summed E-state index contributed by atoms with van der Waals surface area (Å²) in [6.45, 7) is 2.79. The summed E-state index contributed by atoms with van der Waals surface area (Å²) >= 11 is 0. The molecule has 1 unspecified atom stereocenters. The summed E-state index contributed by atoms with van der Waals surface area (Å²) in [6.07, 6.45) is 0. The smallest absolute Gasteiger partial charge is 0.270 e. The van der Waals surface area contributed by atoms with Crippen LogP contribution in [0.5, 0.6) is 5.75 Å². The van der Waals surface area contributed by atoms with Crippen molar-refractivity contribution in [3.63, 3.8) is 0 Å². The predicted molar refractivity (Wildman–Crippen MR) is 60.0 cm³/mol. The molecule has 1 atom stereocenters. The lowest BCUT2D eigenvalue weighted by molar-refractivity contribution is 0.0173. The number of halogens is 2. The van der Waals surface area contributed by atoms with Gasteiger partial charge in [-0.3, -0.25) is 0 Å². The van der Waals surface area contributed by atoms with Crippen molar-refractivity contribution in [2.24, 2.45) is 0 Å². The molecule has 0 aromatic heterocycles. The van der Waals surface area contributed by atoms with Gasteiger partial charge in [-0.25, -0.2) is 8.78 Å². The van der Waals surface area contributed by atoms with Crippen LogP contribution in [0.25, 0.3) is 0 Å². The first kappa shape index (κ1) is 12.9. The SMILES string of the molecule is CNC(C)c1cc(C(C)(F)F)ccc1OC. The molecule has 1 aromatic rings. The van der Waals surface area contributed by atoms with Gasteiger partial charge in [-0.1, -0.05) is 0 Å². The molecule has 16 heavy (non-hydrogen) atoms. The van der Waals surface area contributed by atoms with Gasteiger partial charge >= 0.3 is 0 Å². The van der Waals surface area contributed by atoms with E-state index in [9.17, 15) is 8.78 Å². The maximum absolute atomic E-state index is 13.2. The molecule has 0 fully saturated rings. The fourth-order valence-corrected chi connectivity index (χ4v) is 1.50. The van der Waals surface area contributed by atoms with Gasteiger partial charge in [0.1, 0.15) is 5.75 Å². The molecule has 0 bridgehead atoms. The van der Waals surface area contributed by atoms with E-state index in [2.05, 4.69) is 5.32 Å². The maximum Gasteiger partial charge on any atom is 0.270 e. The minimum Gasteiger partial charge on any atom is -0.496 e. The molecule has 1 aromatic carbocycles. The lowest BCUT2D eigenvalue weighted by atomic mass is 10.0. The monoisotopic (exact) mass is 229 g/mol. The quantitative estimate of drug-likeness (QED) is 0.856. The molecule has 0 saturated heterocycles. The van der Waals surface area contributed by atoms with E-state index in [0.29, 0.717) is 5.75 Å². The standard InChI is InChI=1S/C12H17F2NO/c1-8(15-3)10-7-9(12(2,13)14)5-6-11(10)16-4/h5-8,15H,1-4H3. The molecule has 0 saturated carbocycles. The maximum atomic E-state index is 13.2. The van der Waals surface area contributed by atoms with Crippen LogP contribution in [0.15, 0.2) is 18.2 Å². The van der Waals surface area contributed by atoms with Crippen LogP contribution in [-0.4, -0.2) is 14.2 Å². The Balaban J connectivity index is 3.21. The van der Waals surface area contributed by atoms with Crippen LogP contribution in [0.1, 0.15) is 31.0 Å².